The zero-order valence-corrected chi connectivity index (χ0v) is 14.5. The Bertz CT molecular complexity index is 870. The summed E-state index contributed by atoms with van der Waals surface area (Å²) in [4.78, 5) is 11.7. The van der Waals surface area contributed by atoms with Crippen molar-refractivity contribution in [2.45, 2.75) is 25.7 Å². The fourth-order valence-corrected chi connectivity index (χ4v) is 3.69. The summed E-state index contributed by atoms with van der Waals surface area (Å²) in [7, 11) is 1.66. The van der Waals surface area contributed by atoms with Crippen LogP contribution in [0.3, 0.4) is 0 Å². The molecular weight excluding hydrogens is 319 g/mol. The van der Waals surface area contributed by atoms with Gasteiger partial charge in [-0.1, -0.05) is 0 Å². The van der Waals surface area contributed by atoms with Gasteiger partial charge in [-0.15, -0.1) is 0 Å². The molecule has 1 aromatic carbocycles. The first-order chi connectivity index (χ1) is 12.3. The number of piperidine rings is 1. The second kappa shape index (κ2) is 6.86. The molecule has 1 aliphatic rings. The topological polar surface area (TPSA) is 42.7 Å². The van der Waals surface area contributed by atoms with E-state index >= 15 is 0 Å². The van der Waals surface area contributed by atoms with Crippen molar-refractivity contribution in [1.29, 1.82) is 0 Å². The summed E-state index contributed by atoms with van der Waals surface area (Å²) in [5.41, 5.74) is 1.91. The van der Waals surface area contributed by atoms with Gasteiger partial charge in [-0.25, -0.2) is 4.98 Å². The summed E-state index contributed by atoms with van der Waals surface area (Å²) in [6, 6.07) is 7.93. The zero-order chi connectivity index (χ0) is 17.2. The van der Waals surface area contributed by atoms with Crippen LogP contribution in [0.4, 0.5) is 10.2 Å². The number of rotatable bonds is 5. The number of hydrogen-bond donors (Lipinski definition) is 0. The quantitative estimate of drug-likeness (QED) is 0.706. The van der Waals surface area contributed by atoms with Crippen molar-refractivity contribution in [1.82, 2.24) is 14.4 Å². The zero-order valence-electron chi connectivity index (χ0n) is 14.5. The van der Waals surface area contributed by atoms with Crippen LogP contribution >= 0.6 is 0 Å². The molecule has 25 heavy (non-hydrogen) atoms. The highest BCUT2D eigenvalue weighted by Gasteiger charge is 2.20. The van der Waals surface area contributed by atoms with Crippen molar-refractivity contribution < 1.29 is 9.13 Å². The van der Waals surface area contributed by atoms with Crippen LogP contribution in [-0.4, -0.2) is 41.2 Å². The summed E-state index contributed by atoms with van der Waals surface area (Å²) in [6.07, 6.45) is 5.96. The van der Waals surface area contributed by atoms with E-state index in [0.717, 1.165) is 55.0 Å². The lowest BCUT2D eigenvalue weighted by molar-refractivity contribution is 0.346. The average molecular weight is 342 g/mol. The maximum atomic E-state index is 12.3. The fourth-order valence-electron chi connectivity index (χ4n) is 3.69. The molecule has 0 radical (unpaired) electrons. The van der Waals surface area contributed by atoms with E-state index in [4.69, 9.17) is 9.72 Å². The van der Waals surface area contributed by atoms with E-state index in [0.29, 0.717) is 18.1 Å². The molecule has 0 amide bonds. The summed E-state index contributed by atoms with van der Waals surface area (Å²) in [6.45, 7) is 1.76. The number of nitrogens with zero attached hydrogens (tertiary/aromatic N) is 4. The molecule has 0 unspecified atom stereocenters. The van der Waals surface area contributed by atoms with E-state index in [1.165, 1.54) is 0 Å². The van der Waals surface area contributed by atoms with Crippen LogP contribution in [-0.2, 0) is 0 Å². The third-order valence-corrected chi connectivity index (χ3v) is 5.15. The maximum absolute atomic E-state index is 12.3. The van der Waals surface area contributed by atoms with Gasteiger partial charge in [-0.05, 0) is 49.8 Å². The summed E-state index contributed by atoms with van der Waals surface area (Å²) >= 11 is 0. The van der Waals surface area contributed by atoms with Crippen molar-refractivity contribution in [3.05, 3.63) is 30.5 Å². The molecule has 0 spiro atoms. The second-order valence-electron chi connectivity index (χ2n) is 6.68. The highest BCUT2D eigenvalue weighted by atomic mass is 19.1. The first-order valence-corrected chi connectivity index (χ1v) is 8.92. The number of aromatic nitrogens is 3. The molecule has 0 bridgehead atoms. The molecule has 2 aromatic heterocycles. The van der Waals surface area contributed by atoms with E-state index < -0.39 is 0 Å². The summed E-state index contributed by atoms with van der Waals surface area (Å²) < 4.78 is 19.6. The number of ether oxygens (including phenoxy) is 1. The third kappa shape index (κ3) is 3.13. The van der Waals surface area contributed by atoms with E-state index in [1.807, 2.05) is 28.8 Å². The van der Waals surface area contributed by atoms with Gasteiger partial charge in [0.25, 0.3) is 0 Å². The van der Waals surface area contributed by atoms with Crippen LogP contribution in [0.2, 0.25) is 0 Å². The Labute approximate surface area is 146 Å². The van der Waals surface area contributed by atoms with Crippen LogP contribution in [0.1, 0.15) is 25.7 Å². The molecule has 0 saturated carbocycles. The SMILES string of the molecule is COc1ccc2c(c1)nc1nc(N3CCC(CCCF)CC3)ccn12. The standard InChI is InChI=1S/C19H23FN4O/c1-25-15-4-5-17-16(13-15)21-19-22-18(8-12-24(17)19)23-10-6-14(7-11-23)3-2-9-20/h4-5,8,12-14H,2-3,6-7,9-11H2,1H3. The Kier molecular flexibility index (Phi) is 4.42. The van der Waals surface area contributed by atoms with Crippen molar-refractivity contribution in [2.75, 3.05) is 31.8 Å². The smallest absolute Gasteiger partial charge is 0.236 e. The minimum Gasteiger partial charge on any atom is -0.497 e. The molecule has 1 saturated heterocycles. The van der Waals surface area contributed by atoms with Gasteiger partial charge in [-0.2, -0.15) is 4.98 Å². The maximum Gasteiger partial charge on any atom is 0.236 e. The van der Waals surface area contributed by atoms with Gasteiger partial charge in [-0.3, -0.25) is 8.79 Å². The molecule has 1 fully saturated rings. The average Bonchev–Trinajstić information content (AvgIpc) is 3.03. The molecule has 0 N–H and O–H groups in total. The lowest BCUT2D eigenvalue weighted by Gasteiger charge is -2.32. The summed E-state index contributed by atoms with van der Waals surface area (Å²) in [5.74, 6) is 3.13. The van der Waals surface area contributed by atoms with Gasteiger partial charge < -0.3 is 9.64 Å². The highest BCUT2D eigenvalue weighted by Crippen LogP contribution is 2.26. The molecular formula is C19H23FN4O. The van der Waals surface area contributed by atoms with Gasteiger partial charge in [0.15, 0.2) is 0 Å². The van der Waals surface area contributed by atoms with Gasteiger partial charge in [0.05, 0.1) is 24.8 Å². The Morgan fingerprint density at radius 1 is 1.20 bits per heavy atom. The molecule has 3 heterocycles. The summed E-state index contributed by atoms with van der Waals surface area (Å²) in [5, 5.41) is 0. The number of halogens is 1. The molecule has 4 rings (SSSR count). The largest absolute Gasteiger partial charge is 0.497 e. The van der Waals surface area contributed by atoms with E-state index in [-0.39, 0.29) is 6.67 Å². The fraction of sp³-hybridized carbons (Fsp3) is 0.474. The number of imidazole rings is 1. The molecule has 0 atom stereocenters. The highest BCUT2D eigenvalue weighted by molar-refractivity contribution is 5.81. The number of anilines is 1. The minimum absolute atomic E-state index is 0.198. The van der Waals surface area contributed by atoms with Gasteiger partial charge in [0, 0.05) is 25.4 Å². The first kappa shape index (κ1) is 16.1. The predicted molar refractivity (Wildman–Crippen MR) is 97.2 cm³/mol. The Morgan fingerprint density at radius 3 is 2.80 bits per heavy atom. The van der Waals surface area contributed by atoms with Crippen LogP contribution in [0.25, 0.3) is 16.8 Å². The molecule has 3 aromatic rings. The minimum atomic E-state index is -0.198. The molecule has 6 heteroatoms. The van der Waals surface area contributed by atoms with Crippen molar-refractivity contribution in [3.63, 3.8) is 0 Å². The number of alkyl halides is 1. The first-order valence-electron chi connectivity index (χ1n) is 8.92. The second-order valence-corrected chi connectivity index (χ2v) is 6.68. The normalized spacial score (nSPS) is 16.0. The third-order valence-electron chi connectivity index (χ3n) is 5.15. The Morgan fingerprint density at radius 2 is 2.04 bits per heavy atom. The predicted octanol–water partition coefficient (Wildman–Crippen LogP) is 3.86. The molecule has 0 aliphatic carbocycles. The molecule has 132 valence electrons. The van der Waals surface area contributed by atoms with E-state index in [2.05, 4.69) is 16.0 Å². The lowest BCUT2D eigenvalue weighted by atomic mass is 9.92. The lowest BCUT2D eigenvalue weighted by Crippen LogP contribution is -2.34. The Hall–Kier alpha value is -2.37. The van der Waals surface area contributed by atoms with Gasteiger partial charge in [0.1, 0.15) is 11.6 Å². The number of methoxy groups -OCH3 is 1. The van der Waals surface area contributed by atoms with Crippen LogP contribution in [0.5, 0.6) is 5.75 Å². The van der Waals surface area contributed by atoms with Crippen LogP contribution in [0, 0.1) is 5.92 Å². The molecule has 5 nitrogen and oxygen atoms in total. The number of fused-ring (bicyclic) bond motifs is 3. The van der Waals surface area contributed by atoms with Crippen LogP contribution in [0.15, 0.2) is 30.5 Å². The van der Waals surface area contributed by atoms with Crippen LogP contribution < -0.4 is 9.64 Å². The van der Waals surface area contributed by atoms with Gasteiger partial charge in [0.2, 0.25) is 5.78 Å². The van der Waals surface area contributed by atoms with E-state index in [1.54, 1.807) is 7.11 Å². The Balaban J connectivity index is 1.56. The monoisotopic (exact) mass is 342 g/mol. The number of benzene rings is 1. The van der Waals surface area contributed by atoms with Crippen molar-refractivity contribution in [3.8, 4) is 5.75 Å². The van der Waals surface area contributed by atoms with E-state index in [9.17, 15) is 4.39 Å². The van der Waals surface area contributed by atoms with Crippen molar-refractivity contribution >= 4 is 22.6 Å². The van der Waals surface area contributed by atoms with Crippen molar-refractivity contribution in [2.24, 2.45) is 5.92 Å². The van der Waals surface area contributed by atoms with Gasteiger partial charge >= 0.3 is 0 Å². The molecule has 1 aliphatic heterocycles. The number of hydrogen-bond acceptors (Lipinski definition) is 4.